The van der Waals surface area contributed by atoms with Gasteiger partial charge in [0.1, 0.15) is 12.2 Å². The molecule has 2 saturated heterocycles. The van der Waals surface area contributed by atoms with E-state index in [-0.39, 0.29) is 81.9 Å². The number of rotatable bonds is 13. The van der Waals surface area contributed by atoms with Crippen molar-refractivity contribution in [2.24, 2.45) is 17.8 Å². The van der Waals surface area contributed by atoms with Gasteiger partial charge in [-0.2, -0.15) is 0 Å². The zero-order chi connectivity index (χ0) is 54.3. The quantitative estimate of drug-likeness (QED) is 0.0781. The number of hydrogen-bond donors (Lipinski definition) is 0. The summed E-state index contributed by atoms with van der Waals surface area (Å²) in [6, 6.07) is 3.17. The molecule has 0 radical (unpaired) electrons. The Morgan fingerprint density at radius 3 is 1.83 bits per heavy atom. The van der Waals surface area contributed by atoms with Gasteiger partial charge in [-0.3, -0.25) is 4.79 Å². The average Bonchev–Trinajstić information content (AvgIpc) is 3.86. The average molecular weight is 1060 g/mol. The summed E-state index contributed by atoms with van der Waals surface area (Å²) < 4.78 is 50.7. The van der Waals surface area contributed by atoms with Crippen LogP contribution in [0.1, 0.15) is 163 Å². The van der Waals surface area contributed by atoms with E-state index >= 15 is 0 Å². The summed E-state index contributed by atoms with van der Waals surface area (Å²) in [6.45, 7) is 59.8. The lowest BCUT2D eigenvalue weighted by Crippen LogP contribution is -2.55. The normalized spacial score (nSPS) is 31.7. The standard InChI is InChI=1S/C59H108O8Si4/c1-26-71(27-2,28-3)65-51-39-52(64-68(20,21)57(11,12)13)46(10)43(7)37-45(9)55(66-69(22,23)58(14,15)16)56(67-70(24,25)59(17,18)19)53-38-44(8)50(62-53)40-54(60)63-48(34-29-31-41(4)5)49-36-35-47(61-49)33-30-32-42(51)6/h29,31,34,37,42,44,46-53,55-56H,9,26-28,33,35-36,38-40H2,1-8,10-25H3/b34-29+,43-37+/t42-,44+,46+,47-,48+,49+,50-,51+,52-,53+,55+,56-/m0/s1. The van der Waals surface area contributed by atoms with E-state index in [0.29, 0.717) is 6.42 Å². The van der Waals surface area contributed by atoms with Gasteiger partial charge in [-0.05, 0) is 143 Å². The lowest BCUT2D eigenvalue weighted by molar-refractivity contribution is -0.157. The Morgan fingerprint density at radius 1 is 0.746 bits per heavy atom. The van der Waals surface area contributed by atoms with Crippen molar-refractivity contribution >= 4 is 39.2 Å². The minimum atomic E-state index is -2.45. The molecular formula is C59H108O8Si4. The molecule has 2 fully saturated rings. The first-order chi connectivity index (χ1) is 32.4. The van der Waals surface area contributed by atoms with Crippen LogP contribution in [-0.2, 0) is 36.7 Å². The first-order valence-corrected chi connectivity index (χ1v) is 39.1. The predicted molar refractivity (Wildman–Crippen MR) is 310 cm³/mol. The van der Waals surface area contributed by atoms with Crippen LogP contribution < -0.4 is 0 Å². The summed E-state index contributed by atoms with van der Waals surface area (Å²) in [6.07, 6.45) is 9.41. The third-order valence-corrected chi connectivity index (χ3v) is 36.0. The van der Waals surface area contributed by atoms with E-state index in [0.717, 1.165) is 49.4 Å². The van der Waals surface area contributed by atoms with Crippen LogP contribution in [0.15, 0.2) is 47.6 Å². The van der Waals surface area contributed by atoms with E-state index in [4.69, 9.17) is 38.5 Å². The Hall–Kier alpha value is -1.38. The highest BCUT2D eigenvalue weighted by molar-refractivity contribution is 6.75. The molecule has 0 amide bonds. The van der Waals surface area contributed by atoms with Crippen molar-refractivity contribution in [3.05, 3.63) is 47.6 Å². The topological polar surface area (TPSA) is 81.7 Å². The molecule has 3 aliphatic heterocycles. The summed E-state index contributed by atoms with van der Waals surface area (Å²) in [7, 11) is -9.27. The minimum absolute atomic E-state index is 0.00606. The zero-order valence-corrected chi connectivity index (χ0v) is 54.1. The van der Waals surface area contributed by atoms with Crippen LogP contribution in [0.4, 0.5) is 0 Å². The van der Waals surface area contributed by atoms with Gasteiger partial charge in [-0.25, -0.2) is 0 Å². The van der Waals surface area contributed by atoms with Gasteiger partial charge in [0.2, 0.25) is 0 Å². The molecule has 0 aromatic rings. The summed E-state index contributed by atoms with van der Waals surface area (Å²) in [5.74, 6) is 7.09. The number of cyclic esters (lactones) is 1. The third kappa shape index (κ3) is 17.6. The van der Waals surface area contributed by atoms with Crippen molar-refractivity contribution in [3.8, 4) is 11.8 Å². The smallest absolute Gasteiger partial charge is 0.309 e. The molecule has 3 aliphatic rings. The van der Waals surface area contributed by atoms with Crippen molar-refractivity contribution in [2.75, 3.05) is 0 Å². The Kier molecular flexibility index (Phi) is 23.1. The summed E-state index contributed by atoms with van der Waals surface area (Å²) >= 11 is 0. The fraction of sp³-hybridized carbons (Fsp3) is 0.814. The molecule has 0 N–H and O–H groups in total. The summed E-state index contributed by atoms with van der Waals surface area (Å²) in [5.41, 5.74) is 3.24. The molecule has 0 aliphatic carbocycles. The molecule has 0 spiro atoms. The van der Waals surface area contributed by atoms with Crippen LogP contribution in [0.3, 0.4) is 0 Å². The first kappa shape index (κ1) is 63.9. The van der Waals surface area contributed by atoms with E-state index in [2.05, 4.69) is 182 Å². The number of ether oxygens (including phenoxy) is 3. The number of carbonyl (C=O) groups excluding carboxylic acids is 1. The van der Waals surface area contributed by atoms with Gasteiger partial charge in [0, 0.05) is 18.3 Å². The number of carbonyl (C=O) groups is 1. The first-order valence-electron chi connectivity index (χ1n) is 27.8. The SMILES string of the molecule is C=C1/C=C(\C)[C@@H](C)[C@@H](O[Si](C)(C)C(C)(C)C)C[C@@H](O[Si](CC)(CC)CC)[C@@H](C)C#CC[C@H]2CC[C@@H](O2)[C@@H](/C=C/C=C(C)C)OC(=O)C[C@@H]2O[C@H](C[C@H]2C)[C@H](O[Si](C)(C)C(C)(C)C)[C@@H]1O[Si](C)(C)C(C)(C)C. The third-order valence-electron chi connectivity index (χ3n) is 17.9. The van der Waals surface area contributed by atoms with Crippen LogP contribution in [0.2, 0.25) is 72.5 Å². The van der Waals surface area contributed by atoms with E-state index in [9.17, 15) is 4.79 Å². The molecule has 12 heteroatoms. The molecule has 8 nitrogen and oxygen atoms in total. The van der Waals surface area contributed by atoms with E-state index in [1.165, 1.54) is 11.1 Å². The van der Waals surface area contributed by atoms with Crippen LogP contribution in [0, 0.1) is 29.6 Å². The maximum absolute atomic E-state index is 14.2. The van der Waals surface area contributed by atoms with Crippen LogP contribution in [-0.4, -0.2) is 94.2 Å². The van der Waals surface area contributed by atoms with E-state index in [1.807, 2.05) is 18.2 Å². The fourth-order valence-electron chi connectivity index (χ4n) is 9.22. The van der Waals surface area contributed by atoms with Crippen LogP contribution in [0.25, 0.3) is 0 Å². The van der Waals surface area contributed by atoms with E-state index in [1.54, 1.807) is 0 Å². The maximum atomic E-state index is 14.2. The monoisotopic (exact) mass is 1060 g/mol. The number of allylic oxidation sites excluding steroid dienone is 3. The van der Waals surface area contributed by atoms with Crippen molar-refractivity contribution in [1.82, 2.24) is 0 Å². The summed E-state index contributed by atoms with van der Waals surface area (Å²) in [5, 5.41) is -0.159. The lowest BCUT2D eigenvalue weighted by atomic mass is 9.87. The van der Waals surface area contributed by atoms with Gasteiger partial charge in [0.05, 0.1) is 49.1 Å². The van der Waals surface area contributed by atoms with Gasteiger partial charge in [0.15, 0.2) is 33.3 Å². The fourth-order valence-corrected chi connectivity index (χ4v) is 16.2. The van der Waals surface area contributed by atoms with Gasteiger partial charge in [-0.15, -0.1) is 5.92 Å². The van der Waals surface area contributed by atoms with Gasteiger partial charge in [0.25, 0.3) is 0 Å². The summed E-state index contributed by atoms with van der Waals surface area (Å²) in [4.78, 5) is 14.2. The second kappa shape index (κ2) is 25.6. The number of fused-ring (bicyclic) bond motifs is 4. The van der Waals surface area contributed by atoms with Gasteiger partial charge < -0.3 is 31.9 Å². The molecule has 4 bridgehead atoms. The molecule has 3 heterocycles. The minimum Gasteiger partial charge on any atom is -0.455 e. The Balaban J connectivity index is 2.39. The Labute approximate surface area is 441 Å². The highest BCUT2D eigenvalue weighted by Crippen LogP contribution is 2.46. The van der Waals surface area contributed by atoms with Gasteiger partial charge in [-0.1, -0.05) is 139 Å². The highest BCUT2D eigenvalue weighted by Gasteiger charge is 2.51. The molecule has 0 aromatic carbocycles. The largest absolute Gasteiger partial charge is 0.455 e. The molecular weight excluding hydrogens is 949 g/mol. The molecule has 3 rings (SSSR count). The zero-order valence-electron chi connectivity index (χ0n) is 50.1. The van der Waals surface area contributed by atoms with Crippen molar-refractivity contribution in [3.63, 3.8) is 0 Å². The Bertz CT molecular complexity index is 1890. The predicted octanol–water partition coefficient (Wildman–Crippen LogP) is 16.3. The number of esters is 1. The number of hydrogen-bond acceptors (Lipinski definition) is 8. The van der Waals surface area contributed by atoms with Crippen molar-refractivity contribution in [2.45, 2.75) is 291 Å². The maximum Gasteiger partial charge on any atom is 0.309 e. The lowest BCUT2D eigenvalue weighted by Gasteiger charge is -2.47. The second-order valence-corrected chi connectivity index (χ2v) is 45.8. The van der Waals surface area contributed by atoms with E-state index < -0.39 is 51.6 Å². The molecule has 0 saturated carbocycles. The van der Waals surface area contributed by atoms with Crippen molar-refractivity contribution in [1.29, 1.82) is 0 Å². The van der Waals surface area contributed by atoms with Crippen LogP contribution >= 0.6 is 0 Å². The van der Waals surface area contributed by atoms with Crippen LogP contribution in [0.5, 0.6) is 0 Å². The molecule has 0 aromatic heterocycles. The molecule has 0 unspecified atom stereocenters. The highest BCUT2D eigenvalue weighted by atomic mass is 28.4. The second-order valence-electron chi connectivity index (χ2n) is 26.8. The molecule has 71 heavy (non-hydrogen) atoms. The Morgan fingerprint density at radius 2 is 1.30 bits per heavy atom. The molecule has 408 valence electrons. The van der Waals surface area contributed by atoms with Crippen molar-refractivity contribution < 1.29 is 36.7 Å². The molecule has 12 atom stereocenters. The van der Waals surface area contributed by atoms with Gasteiger partial charge >= 0.3 is 5.97 Å².